The first kappa shape index (κ1) is 15.7. The zero-order valence-electron chi connectivity index (χ0n) is 10.4. The topological polar surface area (TPSA) is 66.4 Å². The zero-order valence-corrected chi connectivity index (χ0v) is 13.5. The number of carboxylic acids is 1. The van der Waals surface area contributed by atoms with E-state index in [-0.39, 0.29) is 21.3 Å². The Morgan fingerprint density at radius 3 is 2.33 bits per heavy atom. The fourth-order valence-electron chi connectivity index (χ4n) is 1.69. The number of aromatic carboxylic acids is 1. The molecule has 0 aliphatic rings. The summed E-state index contributed by atoms with van der Waals surface area (Å²) in [6.07, 6.45) is 0. The summed E-state index contributed by atoms with van der Waals surface area (Å²) in [5.41, 5.74) is 0.124. The van der Waals surface area contributed by atoms with E-state index in [1.165, 1.54) is 24.3 Å². The molecule has 21 heavy (non-hydrogen) atoms. The SMILES string of the molecule is O=C(Nc1c(Br)cccc1C(=O)O)c1cccc(F)c1Br. The third kappa shape index (κ3) is 3.30. The van der Waals surface area contributed by atoms with Crippen molar-refractivity contribution in [3.8, 4) is 0 Å². The maximum absolute atomic E-state index is 13.4. The first-order valence-electron chi connectivity index (χ1n) is 5.69. The molecular weight excluding hydrogens is 409 g/mol. The Hall–Kier alpha value is -1.73. The van der Waals surface area contributed by atoms with Crippen LogP contribution in [0.5, 0.6) is 0 Å². The van der Waals surface area contributed by atoms with Crippen LogP contribution in [0.2, 0.25) is 0 Å². The van der Waals surface area contributed by atoms with Crippen LogP contribution in [0, 0.1) is 5.82 Å². The maximum atomic E-state index is 13.4. The summed E-state index contributed by atoms with van der Waals surface area (Å²) in [4.78, 5) is 23.4. The summed E-state index contributed by atoms with van der Waals surface area (Å²) in [5, 5.41) is 11.6. The van der Waals surface area contributed by atoms with Gasteiger partial charge in [-0.05, 0) is 56.1 Å². The van der Waals surface area contributed by atoms with Gasteiger partial charge < -0.3 is 10.4 Å². The lowest BCUT2D eigenvalue weighted by atomic mass is 10.1. The number of anilines is 1. The number of benzene rings is 2. The van der Waals surface area contributed by atoms with Gasteiger partial charge in [0.1, 0.15) is 5.82 Å². The van der Waals surface area contributed by atoms with Gasteiger partial charge in [0.2, 0.25) is 0 Å². The van der Waals surface area contributed by atoms with Gasteiger partial charge in [0.05, 0.1) is 21.3 Å². The van der Waals surface area contributed by atoms with E-state index in [4.69, 9.17) is 5.11 Å². The lowest BCUT2D eigenvalue weighted by Gasteiger charge is -2.11. The summed E-state index contributed by atoms with van der Waals surface area (Å²) in [7, 11) is 0. The molecule has 0 atom stereocenters. The third-order valence-electron chi connectivity index (χ3n) is 2.68. The number of carbonyl (C=O) groups is 2. The van der Waals surface area contributed by atoms with Crippen LogP contribution in [-0.2, 0) is 0 Å². The molecule has 2 aromatic rings. The second-order valence-corrected chi connectivity index (χ2v) is 5.67. The summed E-state index contributed by atoms with van der Waals surface area (Å²) < 4.78 is 13.9. The fourth-order valence-corrected chi connectivity index (χ4v) is 2.60. The lowest BCUT2D eigenvalue weighted by molar-refractivity contribution is 0.0698. The molecule has 0 saturated heterocycles. The number of rotatable bonds is 3. The molecule has 7 heteroatoms. The van der Waals surface area contributed by atoms with Crippen molar-refractivity contribution in [2.75, 3.05) is 5.32 Å². The molecule has 0 fully saturated rings. The molecule has 2 aromatic carbocycles. The van der Waals surface area contributed by atoms with Gasteiger partial charge in [-0.1, -0.05) is 12.1 Å². The minimum Gasteiger partial charge on any atom is -0.478 e. The first-order chi connectivity index (χ1) is 9.91. The second kappa shape index (κ2) is 6.36. The van der Waals surface area contributed by atoms with E-state index in [2.05, 4.69) is 37.2 Å². The van der Waals surface area contributed by atoms with E-state index in [1.807, 2.05) is 0 Å². The molecule has 2 rings (SSSR count). The number of amides is 1. The Morgan fingerprint density at radius 2 is 1.67 bits per heavy atom. The Kier molecular flexibility index (Phi) is 4.74. The highest BCUT2D eigenvalue weighted by Crippen LogP contribution is 2.28. The van der Waals surface area contributed by atoms with E-state index >= 15 is 0 Å². The Balaban J connectivity index is 2.41. The van der Waals surface area contributed by atoms with E-state index < -0.39 is 17.7 Å². The normalized spacial score (nSPS) is 10.2. The standard InChI is InChI=1S/C14H8Br2FNO3/c15-9-5-1-4-8(14(20)21)12(9)18-13(19)7-3-2-6-10(17)11(7)16/h1-6H,(H,18,19)(H,20,21). The quantitative estimate of drug-likeness (QED) is 0.783. The van der Waals surface area contributed by atoms with Crippen molar-refractivity contribution < 1.29 is 19.1 Å². The smallest absolute Gasteiger partial charge is 0.337 e. The molecule has 0 heterocycles. The van der Waals surface area contributed by atoms with E-state index in [0.29, 0.717) is 4.47 Å². The minimum atomic E-state index is -1.18. The summed E-state index contributed by atoms with van der Waals surface area (Å²) in [6, 6.07) is 8.54. The third-order valence-corrected chi connectivity index (χ3v) is 4.15. The second-order valence-electron chi connectivity index (χ2n) is 4.02. The van der Waals surface area contributed by atoms with Crippen molar-refractivity contribution in [3.63, 3.8) is 0 Å². The highest BCUT2D eigenvalue weighted by Gasteiger charge is 2.18. The van der Waals surface area contributed by atoms with E-state index in [0.717, 1.165) is 0 Å². The Morgan fingerprint density at radius 1 is 1.05 bits per heavy atom. The summed E-state index contributed by atoms with van der Waals surface area (Å²) >= 11 is 6.18. The highest BCUT2D eigenvalue weighted by atomic mass is 79.9. The summed E-state index contributed by atoms with van der Waals surface area (Å²) in [5.74, 6) is -2.37. The monoisotopic (exact) mass is 415 g/mol. The van der Waals surface area contributed by atoms with Crippen molar-refractivity contribution in [1.29, 1.82) is 0 Å². The summed E-state index contributed by atoms with van der Waals surface area (Å²) in [6.45, 7) is 0. The molecule has 0 bridgehead atoms. The average molecular weight is 417 g/mol. The minimum absolute atomic E-state index is 0.0198. The van der Waals surface area contributed by atoms with Crippen molar-refractivity contribution in [2.24, 2.45) is 0 Å². The van der Waals surface area contributed by atoms with Gasteiger partial charge in [-0.2, -0.15) is 0 Å². The predicted molar refractivity (Wildman–Crippen MR) is 83.2 cm³/mol. The van der Waals surface area contributed by atoms with Crippen LogP contribution in [0.25, 0.3) is 0 Å². The number of hydrogen-bond acceptors (Lipinski definition) is 2. The van der Waals surface area contributed by atoms with E-state index in [1.54, 1.807) is 12.1 Å². The number of carboxylic acid groups (broad SMARTS) is 1. The molecule has 0 radical (unpaired) electrons. The molecule has 0 aliphatic heterocycles. The van der Waals surface area contributed by atoms with Crippen LogP contribution in [0.1, 0.15) is 20.7 Å². The zero-order chi connectivity index (χ0) is 15.6. The predicted octanol–water partition coefficient (Wildman–Crippen LogP) is 4.30. The number of hydrogen-bond donors (Lipinski definition) is 2. The van der Waals surface area contributed by atoms with Gasteiger partial charge in [-0.3, -0.25) is 4.79 Å². The van der Waals surface area contributed by atoms with Crippen molar-refractivity contribution >= 4 is 49.4 Å². The Bertz CT molecular complexity index is 734. The van der Waals surface area contributed by atoms with Gasteiger partial charge in [0.15, 0.2) is 0 Å². The van der Waals surface area contributed by atoms with Gasteiger partial charge >= 0.3 is 5.97 Å². The molecule has 0 spiro atoms. The number of carbonyl (C=O) groups excluding carboxylic acids is 1. The molecular formula is C14H8Br2FNO3. The van der Waals surface area contributed by atoms with Crippen LogP contribution >= 0.6 is 31.9 Å². The number of para-hydroxylation sites is 1. The fraction of sp³-hybridized carbons (Fsp3) is 0. The Labute approximate surface area is 136 Å². The molecule has 0 aliphatic carbocycles. The van der Waals surface area contributed by atoms with Gasteiger partial charge in [-0.25, -0.2) is 9.18 Å². The van der Waals surface area contributed by atoms with Crippen LogP contribution in [0.15, 0.2) is 45.3 Å². The molecule has 0 saturated carbocycles. The van der Waals surface area contributed by atoms with Crippen LogP contribution in [0.4, 0.5) is 10.1 Å². The van der Waals surface area contributed by atoms with Crippen molar-refractivity contribution in [3.05, 3.63) is 62.3 Å². The molecule has 0 aromatic heterocycles. The number of nitrogens with one attached hydrogen (secondary N) is 1. The van der Waals surface area contributed by atoms with Gasteiger partial charge in [-0.15, -0.1) is 0 Å². The average Bonchev–Trinajstić information content (AvgIpc) is 2.43. The van der Waals surface area contributed by atoms with Crippen LogP contribution in [0.3, 0.4) is 0 Å². The molecule has 0 unspecified atom stereocenters. The number of halogens is 3. The molecule has 108 valence electrons. The van der Waals surface area contributed by atoms with Gasteiger partial charge in [0.25, 0.3) is 5.91 Å². The van der Waals surface area contributed by atoms with E-state index in [9.17, 15) is 14.0 Å². The molecule has 1 amide bonds. The highest BCUT2D eigenvalue weighted by molar-refractivity contribution is 9.11. The van der Waals surface area contributed by atoms with Crippen LogP contribution < -0.4 is 5.32 Å². The molecule has 2 N–H and O–H groups in total. The maximum Gasteiger partial charge on any atom is 0.337 e. The first-order valence-corrected chi connectivity index (χ1v) is 7.27. The largest absolute Gasteiger partial charge is 0.478 e. The molecule has 4 nitrogen and oxygen atoms in total. The van der Waals surface area contributed by atoms with Gasteiger partial charge in [0, 0.05) is 4.47 Å². The lowest BCUT2D eigenvalue weighted by Crippen LogP contribution is -2.16. The van der Waals surface area contributed by atoms with Crippen molar-refractivity contribution in [2.45, 2.75) is 0 Å². The van der Waals surface area contributed by atoms with Crippen molar-refractivity contribution in [1.82, 2.24) is 0 Å². The van der Waals surface area contributed by atoms with Crippen LogP contribution in [-0.4, -0.2) is 17.0 Å².